The summed E-state index contributed by atoms with van der Waals surface area (Å²) in [6.45, 7) is 4.16. The lowest BCUT2D eigenvalue weighted by molar-refractivity contribution is 1.03. The molecule has 0 saturated carbocycles. The van der Waals surface area contributed by atoms with Crippen LogP contribution < -0.4 is 0 Å². The van der Waals surface area contributed by atoms with Crippen LogP contribution in [0.1, 0.15) is 11.1 Å². The molecule has 0 aliphatic rings. The summed E-state index contributed by atoms with van der Waals surface area (Å²) in [6.07, 6.45) is 0. The number of rotatable bonds is 2. The van der Waals surface area contributed by atoms with Gasteiger partial charge in [0.1, 0.15) is 0 Å². The maximum atomic E-state index is 8.13. The van der Waals surface area contributed by atoms with Crippen molar-refractivity contribution >= 4 is 15.9 Å². The SMILES string of the molecule is [CH2]c1cccc(Br)c1CN=[N+]=[N-]. The minimum Gasteiger partial charge on any atom is -0.0892 e. The van der Waals surface area contributed by atoms with Crippen molar-refractivity contribution in [3.63, 3.8) is 0 Å². The Hall–Kier alpha value is -0.990. The molecule has 0 fully saturated rings. The van der Waals surface area contributed by atoms with Crippen molar-refractivity contribution in [2.45, 2.75) is 6.54 Å². The molecule has 0 atom stereocenters. The van der Waals surface area contributed by atoms with E-state index in [1.165, 1.54) is 0 Å². The van der Waals surface area contributed by atoms with Crippen molar-refractivity contribution in [3.05, 3.63) is 51.2 Å². The summed E-state index contributed by atoms with van der Waals surface area (Å²) < 4.78 is 0.933. The van der Waals surface area contributed by atoms with Crippen LogP contribution in [0.4, 0.5) is 0 Å². The average Bonchev–Trinajstić information content (AvgIpc) is 2.04. The summed E-state index contributed by atoms with van der Waals surface area (Å²) in [5.41, 5.74) is 9.96. The summed E-state index contributed by atoms with van der Waals surface area (Å²) in [4.78, 5) is 2.69. The highest BCUT2D eigenvalue weighted by Gasteiger charge is 2.00. The minimum atomic E-state index is 0.344. The Morgan fingerprint density at radius 2 is 2.33 bits per heavy atom. The van der Waals surface area contributed by atoms with Gasteiger partial charge >= 0.3 is 0 Å². The smallest absolute Gasteiger partial charge is 0.0524 e. The van der Waals surface area contributed by atoms with E-state index in [1.807, 2.05) is 18.2 Å². The third-order valence-electron chi connectivity index (χ3n) is 1.51. The molecule has 0 heterocycles. The van der Waals surface area contributed by atoms with Crippen LogP contribution in [-0.4, -0.2) is 0 Å². The highest BCUT2D eigenvalue weighted by atomic mass is 79.9. The van der Waals surface area contributed by atoms with Crippen LogP contribution in [0.25, 0.3) is 10.4 Å². The fourth-order valence-electron chi connectivity index (χ4n) is 0.883. The van der Waals surface area contributed by atoms with Crippen LogP contribution in [0.3, 0.4) is 0 Å². The lowest BCUT2D eigenvalue weighted by Crippen LogP contribution is -1.87. The van der Waals surface area contributed by atoms with Gasteiger partial charge in [-0.1, -0.05) is 33.2 Å². The van der Waals surface area contributed by atoms with Crippen molar-refractivity contribution in [1.82, 2.24) is 0 Å². The monoisotopic (exact) mass is 224 g/mol. The molecule has 1 aromatic carbocycles. The van der Waals surface area contributed by atoms with Gasteiger partial charge < -0.3 is 0 Å². The van der Waals surface area contributed by atoms with Crippen molar-refractivity contribution in [3.8, 4) is 0 Å². The predicted octanol–water partition coefficient (Wildman–Crippen LogP) is 3.44. The molecule has 1 aromatic rings. The van der Waals surface area contributed by atoms with E-state index in [2.05, 4.69) is 32.9 Å². The van der Waals surface area contributed by atoms with Gasteiger partial charge in [0, 0.05) is 9.38 Å². The van der Waals surface area contributed by atoms with Gasteiger partial charge in [0.2, 0.25) is 0 Å². The molecule has 12 heavy (non-hydrogen) atoms. The van der Waals surface area contributed by atoms with Crippen LogP contribution >= 0.6 is 15.9 Å². The van der Waals surface area contributed by atoms with E-state index in [-0.39, 0.29) is 0 Å². The highest BCUT2D eigenvalue weighted by molar-refractivity contribution is 9.10. The van der Waals surface area contributed by atoms with Crippen LogP contribution in [-0.2, 0) is 6.54 Å². The van der Waals surface area contributed by atoms with Crippen LogP contribution in [0.5, 0.6) is 0 Å². The van der Waals surface area contributed by atoms with E-state index in [0.29, 0.717) is 6.54 Å². The first-order valence-corrected chi connectivity index (χ1v) is 4.15. The molecule has 0 aliphatic carbocycles. The van der Waals surface area contributed by atoms with Gasteiger partial charge in [-0.25, -0.2) is 0 Å². The second-order valence-corrected chi connectivity index (χ2v) is 3.12. The highest BCUT2D eigenvalue weighted by Crippen LogP contribution is 2.20. The summed E-state index contributed by atoms with van der Waals surface area (Å²) in [5, 5.41) is 3.47. The number of hydrogen-bond donors (Lipinski definition) is 0. The molecule has 3 nitrogen and oxygen atoms in total. The number of nitrogens with zero attached hydrogens (tertiary/aromatic N) is 3. The Bertz CT molecular complexity index is 309. The summed E-state index contributed by atoms with van der Waals surface area (Å²) in [6, 6.07) is 5.68. The van der Waals surface area contributed by atoms with Gasteiger partial charge in [0.05, 0.1) is 6.54 Å². The molecular weight excluding hydrogens is 218 g/mol. The largest absolute Gasteiger partial charge is 0.0892 e. The molecule has 1 radical (unpaired) electrons. The average molecular weight is 225 g/mol. The first kappa shape index (κ1) is 9.10. The zero-order valence-electron chi connectivity index (χ0n) is 6.37. The Kier molecular flexibility index (Phi) is 3.14. The van der Waals surface area contributed by atoms with Crippen molar-refractivity contribution in [2.24, 2.45) is 5.11 Å². The van der Waals surface area contributed by atoms with Crippen LogP contribution in [0.15, 0.2) is 27.8 Å². The van der Waals surface area contributed by atoms with Gasteiger partial charge in [-0.2, -0.15) is 0 Å². The van der Waals surface area contributed by atoms with Gasteiger partial charge in [0.15, 0.2) is 0 Å². The van der Waals surface area contributed by atoms with Gasteiger partial charge in [-0.05, 0) is 29.6 Å². The van der Waals surface area contributed by atoms with E-state index in [9.17, 15) is 0 Å². The first-order valence-electron chi connectivity index (χ1n) is 3.36. The molecule has 0 bridgehead atoms. The number of hydrogen-bond acceptors (Lipinski definition) is 1. The zero-order chi connectivity index (χ0) is 8.97. The third kappa shape index (κ3) is 2.00. The minimum absolute atomic E-state index is 0.344. The van der Waals surface area contributed by atoms with E-state index in [4.69, 9.17) is 5.53 Å². The van der Waals surface area contributed by atoms with E-state index >= 15 is 0 Å². The lowest BCUT2D eigenvalue weighted by Gasteiger charge is -2.03. The zero-order valence-corrected chi connectivity index (χ0v) is 7.95. The number of halogens is 1. The van der Waals surface area contributed by atoms with Crippen molar-refractivity contribution in [2.75, 3.05) is 0 Å². The normalized spacial score (nSPS) is 9.17. The molecule has 0 aromatic heterocycles. The molecule has 0 spiro atoms. The quantitative estimate of drug-likeness (QED) is 0.420. The second kappa shape index (κ2) is 4.14. The topological polar surface area (TPSA) is 48.8 Å². The fraction of sp³-hybridized carbons (Fsp3) is 0.125. The summed E-state index contributed by atoms with van der Waals surface area (Å²) in [5.74, 6) is 0. The Morgan fingerprint density at radius 3 is 2.92 bits per heavy atom. The Balaban J connectivity index is 3.03. The molecule has 0 amide bonds. The van der Waals surface area contributed by atoms with E-state index in [0.717, 1.165) is 15.6 Å². The molecule has 0 saturated heterocycles. The second-order valence-electron chi connectivity index (χ2n) is 2.27. The molecule has 0 unspecified atom stereocenters. The summed E-state index contributed by atoms with van der Waals surface area (Å²) in [7, 11) is 0. The lowest BCUT2D eigenvalue weighted by atomic mass is 10.1. The number of azide groups is 1. The Labute approximate surface area is 79.2 Å². The summed E-state index contributed by atoms with van der Waals surface area (Å²) >= 11 is 3.35. The molecule has 61 valence electrons. The Morgan fingerprint density at radius 1 is 1.58 bits per heavy atom. The van der Waals surface area contributed by atoms with Crippen LogP contribution in [0, 0.1) is 6.92 Å². The molecule has 0 N–H and O–H groups in total. The van der Waals surface area contributed by atoms with Gasteiger partial charge in [-0.15, -0.1) is 0 Å². The third-order valence-corrected chi connectivity index (χ3v) is 2.25. The standard InChI is InChI=1S/C8H7BrN3/c1-6-3-2-4-8(9)7(6)5-11-12-10/h2-4H,1,5H2. The van der Waals surface area contributed by atoms with E-state index < -0.39 is 0 Å². The molecule has 0 aliphatic heterocycles. The predicted molar refractivity (Wildman–Crippen MR) is 51.5 cm³/mol. The molecule has 1 rings (SSSR count). The maximum absolute atomic E-state index is 8.13. The maximum Gasteiger partial charge on any atom is 0.0524 e. The van der Waals surface area contributed by atoms with Crippen molar-refractivity contribution in [1.29, 1.82) is 0 Å². The first-order chi connectivity index (χ1) is 5.75. The van der Waals surface area contributed by atoms with Gasteiger partial charge in [0.25, 0.3) is 0 Å². The fourth-order valence-corrected chi connectivity index (χ4v) is 1.42. The molecule has 4 heteroatoms. The van der Waals surface area contributed by atoms with Crippen LogP contribution in [0.2, 0.25) is 0 Å². The molecular formula is C8H7BrN3. The van der Waals surface area contributed by atoms with Crippen molar-refractivity contribution < 1.29 is 0 Å². The number of benzene rings is 1. The van der Waals surface area contributed by atoms with Gasteiger partial charge in [-0.3, -0.25) is 0 Å². The van der Waals surface area contributed by atoms with E-state index in [1.54, 1.807) is 0 Å².